The van der Waals surface area contributed by atoms with E-state index >= 15 is 0 Å². The molecule has 0 bridgehead atoms. The van der Waals surface area contributed by atoms with Gasteiger partial charge in [0, 0.05) is 5.92 Å². The molecule has 4 rings (SSSR count). The molecule has 3 heteroatoms. The van der Waals surface area contributed by atoms with Crippen molar-refractivity contribution in [2.75, 3.05) is 0 Å². The van der Waals surface area contributed by atoms with Gasteiger partial charge in [0.15, 0.2) is 0 Å². The average Bonchev–Trinajstić information content (AvgIpc) is 2.84. The van der Waals surface area contributed by atoms with Crippen molar-refractivity contribution in [3.63, 3.8) is 0 Å². The van der Waals surface area contributed by atoms with Gasteiger partial charge >= 0.3 is 5.97 Å². The number of para-hydroxylation sites is 1. The summed E-state index contributed by atoms with van der Waals surface area (Å²) in [6, 6.07) is 24.6. The van der Waals surface area contributed by atoms with Crippen LogP contribution in [0.5, 0.6) is 5.75 Å². The first-order valence-electron chi connectivity index (χ1n) is 9.30. The van der Waals surface area contributed by atoms with E-state index < -0.39 is 0 Å². The zero-order chi connectivity index (χ0) is 18.6. The number of esters is 1. The minimum Gasteiger partial charge on any atom is -0.426 e. The van der Waals surface area contributed by atoms with E-state index in [1.54, 1.807) is 0 Å². The number of carbonyl (C=O) groups excluding carboxylic acids is 1. The Hall–Kier alpha value is -2.94. The number of ether oxygens (including phenoxy) is 1. The predicted molar refractivity (Wildman–Crippen MR) is 103 cm³/mol. The van der Waals surface area contributed by atoms with Gasteiger partial charge in [-0.3, -0.25) is 4.79 Å². The molecule has 136 valence electrons. The SMILES string of the molecule is O=C1CC(c2ccccc2)C(CCc2ccc(F)cc2)c2ccccc2O1. The van der Waals surface area contributed by atoms with Crippen molar-refractivity contribution in [2.24, 2.45) is 0 Å². The van der Waals surface area contributed by atoms with Crippen LogP contribution in [0.4, 0.5) is 4.39 Å². The highest BCUT2D eigenvalue weighted by molar-refractivity contribution is 5.75. The van der Waals surface area contributed by atoms with Gasteiger partial charge in [-0.1, -0.05) is 60.7 Å². The van der Waals surface area contributed by atoms with Crippen LogP contribution in [0.2, 0.25) is 0 Å². The molecule has 0 spiro atoms. The Morgan fingerprint density at radius 2 is 1.59 bits per heavy atom. The summed E-state index contributed by atoms with van der Waals surface area (Å²) in [6.07, 6.45) is 2.03. The summed E-state index contributed by atoms with van der Waals surface area (Å²) < 4.78 is 18.8. The lowest BCUT2D eigenvalue weighted by Gasteiger charge is -2.25. The molecule has 2 atom stereocenters. The smallest absolute Gasteiger partial charge is 0.311 e. The van der Waals surface area contributed by atoms with Crippen molar-refractivity contribution >= 4 is 5.97 Å². The number of aryl methyl sites for hydroxylation is 1. The highest BCUT2D eigenvalue weighted by Gasteiger charge is 2.33. The molecule has 2 nitrogen and oxygen atoms in total. The third-order valence-corrected chi connectivity index (χ3v) is 5.30. The summed E-state index contributed by atoms with van der Waals surface area (Å²) >= 11 is 0. The van der Waals surface area contributed by atoms with E-state index in [1.165, 1.54) is 12.1 Å². The topological polar surface area (TPSA) is 26.3 Å². The molecule has 1 aliphatic heterocycles. The molecule has 1 aliphatic rings. The van der Waals surface area contributed by atoms with E-state index in [0.29, 0.717) is 12.2 Å². The second-order valence-electron chi connectivity index (χ2n) is 7.00. The molecule has 0 saturated heterocycles. The van der Waals surface area contributed by atoms with Crippen LogP contribution >= 0.6 is 0 Å². The number of halogens is 1. The van der Waals surface area contributed by atoms with Crippen LogP contribution < -0.4 is 4.74 Å². The number of hydrogen-bond acceptors (Lipinski definition) is 2. The number of rotatable bonds is 4. The third kappa shape index (κ3) is 3.92. The minimum absolute atomic E-state index is 0.0581. The number of hydrogen-bond donors (Lipinski definition) is 0. The van der Waals surface area contributed by atoms with Crippen molar-refractivity contribution in [2.45, 2.75) is 31.1 Å². The average molecular weight is 360 g/mol. The molecule has 0 radical (unpaired) electrons. The lowest BCUT2D eigenvalue weighted by atomic mass is 9.77. The van der Waals surface area contributed by atoms with Gasteiger partial charge < -0.3 is 4.74 Å². The Balaban J connectivity index is 1.69. The molecule has 0 aliphatic carbocycles. The van der Waals surface area contributed by atoms with Crippen molar-refractivity contribution in [1.82, 2.24) is 0 Å². The van der Waals surface area contributed by atoms with Gasteiger partial charge in [0.2, 0.25) is 0 Å². The third-order valence-electron chi connectivity index (χ3n) is 5.30. The zero-order valence-electron chi connectivity index (χ0n) is 15.0. The van der Waals surface area contributed by atoms with Crippen molar-refractivity contribution < 1.29 is 13.9 Å². The Kier molecular flexibility index (Phi) is 5.01. The van der Waals surface area contributed by atoms with Crippen LogP contribution in [0.15, 0.2) is 78.9 Å². The van der Waals surface area contributed by atoms with E-state index in [9.17, 15) is 9.18 Å². The molecular weight excluding hydrogens is 339 g/mol. The van der Waals surface area contributed by atoms with E-state index in [-0.39, 0.29) is 23.6 Å². The first-order chi connectivity index (χ1) is 13.2. The van der Waals surface area contributed by atoms with Crippen molar-refractivity contribution in [3.8, 4) is 5.75 Å². The second-order valence-corrected chi connectivity index (χ2v) is 7.00. The maximum atomic E-state index is 13.2. The van der Waals surface area contributed by atoms with Gasteiger partial charge in [-0.2, -0.15) is 0 Å². The predicted octanol–water partition coefficient (Wildman–Crippen LogP) is 5.64. The van der Waals surface area contributed by atoms with Crippen LogP contribution in [0, 0.1) is 5.82 Å². The molecule has 3 aromatic carbocycles. The van der Waals surface area contributed by atoms with Gasteiger partial charge in [0.05, 0.1) is 6.42 Å². The van der Waals surface area contributed by atoms with Gasteiger partial charge in [-0.25, -0.2) is 4.39 Å². The second kappa shape index (κ2) is 7.75. The molecule has 0 fully saturated rings. The number of fused-ring (bicyclic) bond motifs is 1. The summed E-state index contributed by atoms with van der Waals surface area (Å²) in [4.78, 5) is 12.4. The van der Waals surface area contributed by atoms with Crippen LogP contribution in [0.25, 0.3) is 0 Å². The maximum Gasteiger partial charge on any atom is 0.311 e. The monoisotopic (exact) mass is 360 g/mol. The van der Waals surface area contributed by atoms with E-state index in [0.717, 1.165) is 29.5 Å². The molecule has 3 aromatic rings. The zero-order valence-corrected chi connectivity index (χ0v) is 15.0. The van der Waals surface area contributed by atoms with Gasteiger partial charge in [-0.05, 0) is 53.6 Å². The fourth-order valence-corrected chi connectivity index (χ4v) is 3.96. The standard InChI is InChI=1S/C24H21FO2/c25-19-13-10-17(11-14-19)12-15-20-21-8-4-5-9-23(21)27-24(26)16-22(20)18-6-2-1-3-7-18/h1-11,13-14,20,22H,12,15-16H2. The van der Waals surface area contributed by atoms with E-state index in [2.05, 4.69) is 18.2 Å². The van der Waals surface area contributed by atoms with Gasteiger partial charge in [-0.15, -0.1) is 0 Å². The summed E-state index contributed by atoms with van der Waals surface area (Å²) in [6.45, 7) is 0. The highest BCUT2D eigenvalue weighted by Crippen LogP contribution is 2.44. The minimum atomic E-state index is -0.222. The summed E-state index contributed by atoms with van der Waals surface area (Å²) in [5.74, 6) is 0.452. The summed E-state index contributed by atoms with van der Waals surface area (Å²) in [7, 11) is 0. The van der Waals surface area contributed by atoms with E-state index in [1.807, 2.05) is 48.5 Å². The summed E-state index contributed by atoms with van der Waals surface area (Å²) in [5, 5.41) is 0. The lowest BCUT2D eigenvalue weighted by Crippen LogP contribution is -2.15. The largest absolute Gasteiger partial charge is 0.426 e. The maximum absolute atomic E-state index is 13.2. The molecule has 0 aromatic heterocycles. The molecule has 0 amide bonds. The fraction of sp³-hybridized carbons (Fsp3) is 0.208. The molecular formula is C24H21FO2. The molecule has 1 heterocycles. The van der Waals surface area contributed by atoms with E-state index in [4.69, 9.17) is 4.74 Å². The Bertz CT molecular complexity index is 919. The Labute approximate surface area is 158 Å². The fourth-order valence-electron chi connectivity index (χ4n) is 3.96. The van der Waals surface area contributed by atoms with Crippen LogP contribution in [-0.2, 0) is 11.2 Å². The Morgan fingerprint density at radius 1 is 0.889 bits per heavy atom. The summed E-state index contributed by atoms with van der Waals surface area (Å²) in [5.41, 5.74) is 3.31. The number of benzene rings is 3. The lowest BCUT2D eigenvalue weighted by molar-refractivity contribution is -0.134. The van der Waals surface area contributed by atoms with Gasteiger partial charge in [0.1, 0.15) is 11.6 Å². The molecule has 2 unspecified atom stereocenters. The molecule has 0 N–H and O–H groups in total. The Morgan fingerprint density at radius 3 is 2.37 bits per heavy atom. The normalized spacial score (nSPS) is 19.1. The first-order valence-corrected chi connectivity index (χ1v) is 9.30. The van der Waals surface area contributed by atoms with Crippen molar-refractivity contribution in [3.05, 3.63) is 101 Å². The van der Waals surface area contributed by atoms with Gasteiger partial charge in [0.25, 0.3) is 0 Å². The van der Waals surface area contributed by atoms with Crippen LogP contribution in [0.3, 0.4) is 0 Å². The van der Waals surface area contributed by atoms with Crippen molar-refractivity contribution in [1.29, 1.82) is 0 Å². The quantitative estimate of drug-likeness (QED) is 0.445. The molecule has 0 saturated carbocycles. The first kappa shape index (κ1) is 17.5. The number of carbonyl (C=O) groups is 1. The van der Waals surface area contributed by atoms with Crippen LogP contribution in [0.1, 0.15) is 41.4 Å². The molecule has 27 heavy (non-hydrogen) atoms. The highest BCUT2D eigenvalue weighted by atomic mass is 19.1. The van der Waals surface area contributed by atoms with Crippen LogP contribution in [-0.4, -0.2) is 5.97 Å².